The molecule has 0 unspecified atom stereocenters. The minimum absolute atomic E-state index is 0.184. The number of nitrogens with zero attached hydrogens (tertiary/aromatic N) is 1. The summed E-state index contributed by atoms with van der Waals surface area (Å²) in [5.41, 5.74) is 1.57. The molecule has 1 fully saturated rings. The van der Waals surface area contributed by atoms with E-state index in [1.807, 2.05) is 25.1 Å². The van der Waals surface area contributed by atoms with Crippen molar-refractivity contribution in [3.05, 3.63) is 58.0 Å². The van der Waals surface area contributed by atoms with Crippen LogP contribution in [0.25, 0.3) is 6.08 Å². The van der Waals surface area contributed by atoms with Crippen molar-refractivity contribution < 1.29 is 14.3 Å². The van der Waals surface area contributed by atoms with Crippen LogP contribution >= 0.6 is 23.4 Å². The van der Waals surface area contributed by atoms with Crippen LogP contribution < -0.4 is 14.8 Å². The summed E-state index contributed by atoms with van der Waals surface area (Å²) < 4.78 is 10.9. The first-order chi connectivity index (χ1) is 12.6. The molecule has 0 aliphatic carbocycles. The van der Waals surface area contributed by atoms with Gasteiger partial charge in [-0.15, -0.1) is 0 Å². The van der Waals surface area contributed by atoms with Crippen molar-refractivity contribution in [1.82, 2.24) is 5.32 Å². The van der Waals surface area contributed by atoms with Crippen LogP contribution in [0, 0.1) is 0 Å². The predicted octanol–water partition coefficient (Wildman–Crippen LogP) is 4.64. The SMILES string of the molecule is CCOc1cc(/C=C2/SC(=Nc3ccc(Cl)cc3)NC2=O)ccc1OC. The van der Waals surface area contributed by atoms with Crippen LogP contribution in [0.2, 0.25) is 5.02 Å². The van der Waals surface area contributed by atoms with Gasteiger partial charge < -0.3 is 14.8 Å². The summed E-state index contributed by atoms with van der Waals surface area (Å²) in [4.78, 5) is 17.2. The van der Waals surface area contributed by atoms with Crippen molar-refractivity contribution in [2.45, 2.75) is 6.92 Å². The monoisotopic (exact) mass is 388 g/mol. The summed E-state index contributed by atoms with van der Waals surface area (Å²) in [6.07, 6.45) is 1.80. The number of hydrogen-bond donors (Lipinski definition) is 1. The van der Waals surface area contributed by atoms with Gasteiger partial charge in [0, 0.05) is 5.02 Å². The molecule has 0 spiro atoms. The van der Waals surface area contributed by atoms with Crippen LogP contribution in [0.5, 0.6) is 11.5 Å². The second-order valence-corrected chi connectivity index (χ2v) is 6.77. The fraction of sp³-hybridized carbons (Fsp3) is 0.158. The number of rotatable bonds is 5. The lowest BCUT2D eigenvalue weighted by Gasteiger charge is -2.09. The smallest absolute Gasteiger partial charge is 0.264 e. The number of amidine groups is 1. The van der Waals surface area contributed by atoms with E-state index >= 15 is 0 Å². The average Bonchev–Trinajstić information content (AvgIpc) is 2.97. The lowest BCUT2D eigenvalue weighted by molar-refractivity contribution is -0.115. The molecule has 1 aliphatic rings. The molecule has 0 bridgehead atoms. The van der Waals surface area contributed by atoms with E-state index in [0.717, 1.165) is 11.3 Å². The minimum atomic E-state index is -0.184. The number of carbonyl (C=O) groups is 1. The van der Waals surface area contributed by atoms with E-state index in [-0.39, 0.29) is 5.91 Å². The van der Waals surface area contributed by atoms with Crippen molar-refractivity contribution in [3.63, 3.8) is 0 Å². The Kier molecular flexibility index (Phi) is 5.85. The Hall–Kier alpha value is -2.44. The van der Waals surface area contributed by atoms with Crippen LogP contribution in [-0.4, -0.2) is 24.8 Å². The third-order valence-corrected chi connectivity index (χ3v) is 4.66. The molecule has 1 amide bonds. The topological polar surface area (TPSA) is 59.9 Å². The summed E-state index contributed by atoms with van der Waals surface area (Å²) in [7, 11) is 1.59. The zero-order chi connectivity index (χ0) is 18.5. The van der Waals surface area contributed by atoms with Crippen LogP contribution in [-0.2, 0) is 4.79 Å². The van der Waals surface area contributed by atoms with E-state index in [2.05, 4.69) is 10.3 Å². The van der Waals surface area contributed by atoms with E-state index in [1.54, 1.807) is 37.5 Å². The number of amides is 1. The first-order valence-electron chi connectivity index (χ1n) is 7.95. The molecular weight excluding hydrogens is 372 g/mol. The highest BCUT2D eigenvalue weighted by Crippen LogP contribution is 2.32. The maximum atomic E-state index is 12.2. The van der Waals surface area contributed by atoms with Gasteiger partial charge >= 0.3 is 0 Å². The molecule has 2 aromatic carbocycles. The molecule has 134 valence electrons. The fourth-order valence-electron chi connectivity index (χ4n) is 2.32. The number of aliphatic imine (C=N–C) groups is 1. The highest BCUT2D eigenvalue weighted by Gasteiger charge is 2.24. The third kappa shape index (κ3) is 4.39. The zero-order valence-electron chi connectivity index (χ0n) is 14.3. The van der Waals surface area contributed by atoms with Crippen LogP contribution in [0.4, 0.5) is 5.69 Å². The van der Waals surface area contributed by atoms with E-state index < -0.39 is 0 Å². The third-order valence-electron chi connectivity index (χ3n) is 3.49. The average molecular weight is 389 g/mol. The first-order valence-corrected chi connectivity index (χ1v) is 9.14. The lowest BCUT2D eigenvalue weighted by Crippen LogP contribution is -2.19. The summed E-state index contributed by atoms with van der Waals surface area (Å²) >= 11 is 7.16. The van der Waals surface area contributed by atoms with E-state index in [1.165, 1.54) is 11.8 Å². The molecule has 2 aromatic rings. The Morgan fingerprint density at radius 2 is 1.96 bits per heavy atom. The molecule has 1 heterocycles. The van der Waals surface area contributed by atoms with Gasteiger partial charge in [0.05, 0.1) is 24.3 Å². The Morgan fingerprint density at radius 3 is 2.65 bits per heavy atom. The fourth-order valence-corrected chi connectivity index (χ4v) is 3.28. The van der Waals surface area contributed by atoms with Crippen molar-refractivity contribution in [2.24, 2.45) is 4.99 Å². The molecule has 5 nitrogen and oxygen atoms in total. The van der Waals surface area contributed by atoms with Crippen molar-refractivity contribution in [1.29, 1.82) is 0 Å². The molecule has 1 aliphatic heterocycles. The molecule has 3 rings (SSSR count). The van der Waals surface area contributed by atoms with Crippen LogP contribution in [0.15, 0.2) is 52.4 Å². The summed E-state index contributed by atoms with van der Waals surface area (Å²) in [5.74, 6) is 1.11. The van der Waals surface area contributed by atoms with E-state index in [9.17, 15) is 4.79 Å². The van der Waals surface area contributed by atoms with Gasteiger partial charge in [-0.05, 0) is 66.7 Å². The van der Waals surface area contributed by atoms with Crippen molar-refractivity contribution in [2.75, 3.05) is 13.7 Å². The quantitative estimate of drug-likeness (QED) is 0.758. The van der Waals surface area contributed by atoms with Crippen molar-refractivity contribution in [3.8, 4) is 11.5 Å². The van der Waals surface area contributed by atoms with Crippen LogP contribution in [0.3, 0.4) is 0 Å². The maximum Gasteiger partial charge on any atom is 0.264 e. The Bertz CT molecular complexity index is 879. The lowest BCUT2D eigenvalue weighted by atomic mass is 10.2. The summed E-state index contributed by atoms with van der Waals surface area (Å²) in [5, 5.41) is 3.94. The molecule has 26 heavy (non-hydrogen) atoms. The second kappa shape index (κ2) is 8.29. The molecule has 0 radical (unpaired) electrons. The van der Waals surface area contributed by atoms with Gasteiger partial charge in [0.15, 0.2) is 16.7 Å². The predicted molar refractivity (Wildman–Crippen MR) is 106 cm³/mol. The Balaban J connectivity index is 1.82. The number of thioether (sulfide) groups is 1. The van der Waals surface area contributed by atoms with Crippen LogP contribution in [0.1, 0.15) is 12.5 Å². The first kappa shape index (κ1) is 18.4. The zero-order valence-corrected chi connectivity index (χ0v) is 15.9. The molecule has 7 heteroatoms. The number of hydrogen-bond acceptors (Lipinski definition) is 5. The normalized spacial score (nSPS) is 16.8. The molecule has 0 aromatic heterocycles. The molecule has 0 atom stereocenters. The molecule has 0 saturated carbocycles. The minimum Gasteiger partial charge on any atom is -0.493 e. The number of nitrogens with one attached hydrogen (secondary N) is 1. The van der Waals surface area contributed by atoms with Gasteiger partial charge in [0.2, 0.25) is 0 Å². The summed E-state index contributed by atoms with van der Waals surface area (Å²) in [6.45, 7) is 2.44. The standard InChI is InChI=1S/C19H17ClN2O3S/c1-3-25-16-10-12(4-9-15(16)24-2)11-17-18(23)22-19(26-17)21-14-7-5-13(20)6-8-14/h4-11H,3H2,1-2H3,(H,21,22,23)/b17-11+. The number of carbonyl (C=O) groups excluding carboxylic acids is 1. The Morgan fingerprint density at radius 1 is 1.19 bits per heavy atom. The molecule has 1 saturated heterocycles. The number of benzene rings is 2. The molecular formula is C19H17ClN2O3S. The van der Waals surface area contributed by atoms with Gasteiger partial charge in [-0.1, -0.05) is 17.7 Å². The number of methoxy groups -OCH3 is 1. The largest absolute Gasteiger partial charge is 0.493 e. The highest BCUT2D eigenvalue weighted by molar-refractivity contribution is 8.18. The van der Waals surface area contributed by atoms with Gasteiger partial charge in [-0.3, -0.25) is 4.79 Å². The Labute approximate surface area is 161 Å². The van der Waals surface area contributed by atoms with Crippen molar-refractivity contribution >= 4 is 46.2 Å². The molecule has 1 N–H and O–H groups in total. The number of halogens is 1. The van der Waals surface area contributed by atoms with Gasteiger partial charge in [-0.2, -0.15) is 0 Å². The second-order valence-electron chi connectivity index (χ2n) is 5.30. The summed E-state index contributed by atoms with van der Waals surface area (Å²) in [6, 6.07) is 12.6. The highest BCUT2D eigenvalue weighted by atomic mass is 35.5. The maximum absolute atomic E-state index is 12.2. The van der Waals surface area contributed by atoms with Gasteiger partial charge in [-0.25, -0.2) is 4.99 Å². The van der Waals surface area contributed by atoms with Gasteiger partial charge in [0.1, 0.15) is 0 Å². The van der Waals surface area contributed by atoms with E-state index in [0.29, 0.717) is 33.2 Å². The van der Waals surface area contributed by atoms with E-state index in [4.69, 9.17) is 21.1 Å². The van der Waals surface area contributed by atoms with Gasteiger partial charge in [0.25, 0.3) is 5.91 Å². The number of ether oxygens (including phenoxy) is 2.